The lowest BCUT2D eigenvalue weighted by atomic mass is 10.0. The number of carbonyl (C=O) groups excluding carboxylic acids is 1. The fraction of sp³-hybridized carbons (Fsp3) is 0.529. The molecule has 1 amide bonds. The molecule has 134 valence electrons. The lowest BCUT2D eigenvalue weighted by Crippen LogP contribution is -2.37. The van der Waals surface area contributed by atoms with Gasteiger partial charge in [-0.05, 0) is 31.9 Å². The van der Waals surface area contributed by atoms with Crippen molar-refractivity contribution in [3.05, 3.63) is 30.2 Å². The smallest absolute Gasteiger partial charge is 0.415 e. The first-order chi connectivity index (χ1) is 12.0. The first-order valence-corrected chi connectivity index (χ1v) is 8.58. The predicted octanol–water partition coefficient (Wildman–Crippen LogP) is 2.85. The lowest BCUT2D eigenvalue weighted by molar-refractivity contribution is 0.177. The number of hydrogen-bond acceptors (Lipinski definition) is 6. The molecular formula is C17H24N6O2. The minimum Gasteiger partial charge on any atom is -0.447 e. The summed E-state index contributed by atoms with van der Waals surface area (Å²) < 4.78 is 7.07. The minimum atomic E-state index is -0.363. The number of anilines is 2. The summed E-state index contributed by atoms with van der Waals surface area (Å²) in [5, 5.41) is 7.73. The van der Waals surface area contributed by atoms with E-state index in [1.54, 1.807) is 17.2 Å². The Morgan fingerprint density at radius 3 is 2.84 bits per heavy atom. The van der Waals surface area contributed by atoms with E-state index in [4.69, 9.17) is 4.74 Å². The Kier molecular flexibility index (Phi) is 4.87. The maximum atomic E-state index is 12.1. The molecule has 1 fully saturated rings. The van der Waals surface area contributed by atoms with Crippen molar-refractivity contribution in [1.29, 1.82) is 0 Å². The summed E-state index contributed by atoms with van der Waals surface area (Å²) in [6.45, 7) is 9.37. The number of carbonyl (C=O) groups is 1. The van der Waals surface area contributed by atoms with Gasteiger partial charge in [-0.2, -0.15) is 10.1 Å². The van der Waals surface area contributed by atoms with Gasteiger partial charge >= 0.3 is 6.09 Å². The van der Waals surface area contributed by atoms with Crippen molar-refractivity contribution >= 4 is 17.9 Å². The van der Waals surface area contributed by atoms with Crippen molar-refractivity contribution in [3.63, 3.8) is 0 Å². The molecule has 0 bridgehead atoms. The lowest BCUT2D eigenvalue weighted by Gasteiger charge is -2.23. The van der Waals surface area contributed by atoms with E-state index in [0.717, 1.165) is 12.2 Å². The molecule has 0 saturated carbocycles. The number of hydrogen-bond donors (Lipinski definition) is 1. The topological polar surface area (TPSA) is 85.2 Å². The fourth-order valence-corrected chi connectivity index (χ4v) is 2.80. The molecule has 3 rings (SSSR count). The monoisotopic (exact) mass is 344 g/mol. The molecule has 0 spiro atoms. The highest BCUT2D eigenvalue weighted by Crippen LogP contribution is 2.26. The van der Waals surface area contributed by atoms with Crippen LogP contribution in [0.15, 0.2) is 24.5 Å². The quantitative estimate of drug-likeness (QED) is 0.867. The van der Waals surface area contributed by atoms with Crippen molar-refractivity contribution in [1.82, 2.24) is 19.7 Å². The van der Waals surface area contributed by atoms with Crippen molar-refractivity contribution in [3.8, 4) is 0 Å². The standard InChI is InChI=1S/C17H24N6O2/c1-5-22-9-7-13(21-22)12(4)19-16-18-8-6-15(20-16)23-14(11(2)3)10-25-17(23)24/h6-9,11-12,14H,5,10H2,1-4H3,(H,18,19,20). The number of cyclic esters (lactones) is 1. The average Bonchev–Trinajstić information content (AvgIpc) is 3.21. The van der Waals surface area contributed by atoms with Gasteiger partial charge < -0.3 is 10.1 Å². The van der Waals surface area contributed by atoms with E-state index in [1.807, 2.05) is 30.8 Å². The highest BCUT2D eigenvalue weighted by Gasteiger charge is 2.37. The predicted molar refractivity (Wildman–Crippen MR) is 94.4 cm³/mol. The summed E-state index contributed by atoms with van der Waals surface area (Å²) in [7, 11) is 0. The van der Waals surface area contributed by atoms with E-state index < -0.39 is 0 Å². The summed E-state index contributed by atoms with van der Waals surface area (Å²) in [6, 6.07) is 3.63. The molecule has 0 aliphatic carbocycles. The van der Waals surface area contributed by atoms with Gasteiger partial charge in [-0.25, -0.2) is 9.78 Å². The number of nitrogens with zero attached hydrogens (tertiary/aromatic N) is 5. The molecule has 0 aromatic carbocycles. The molecule has 1 aliphatic heterocycles. The second kappa shape index (κ2) is 7.08. The average molecular weight is 344 g/mol. The summed E-state index contributed by atoms with van der Waals surface area (Å²) in [5.74, 6) is 1.28. The Morgan fingerprint density at radius 2 is 2.16 bits per heavy atom. The zero-order valence-electron chi connectivity index (χ0n) is 15.0. The largest absolute Gasteiger partial charge is 0.447 e. The third kappa shape index (κ3) is 3.57. The van der Waals surface area contributed by atoms with Gasteiger partial charge in [0.2, 0.25) is 5.95 Å². The van der Waals surface area contributed by atoms with Crippen LogP contribution in [-0.4, -0.2) is 38.5 Å². The summed E-state index contributed by atoms with van der Waals surface area (Å²) >= 11 is 0. The van der Waals surface area contributed by atoms with Gasteiger partial charge in [-0.1, -0.05) is 13.8 Å². The van der Waals surface area contributed by atoms with Crippen LogP contribution in [0.1, 0.15) is 39.4 Å². The maximum absolute atomic E-state index is 12.1. The Morgan fingerprint density at radius 1 is 1.36 bits per heavy atom. The van der Waals surface area contributed by atoms with Crippen molar-refractivity contribution in [2.24, 2.45) is 5.92 Å². The second-order valence-corrected chi connectivity index (χ2v) is 6.46. The van der Waals surface area contributed by atoms with E-state index in [0.29, 0.717) is 18.4 Å². The van der Waals surface area contributed by atoms with E-state index in [2.05, 4.69) is 34.2 Å². The minimum absolute atomic E-state index is 0.0204. The van der Waals surface area contributed by atoms with E-state index in [1.165, 1.54) is 0 Å². The maximum Gasteiger partial charge on any atom is 0.415 e. The highest BCUT2D eigenvalue weighted by atomic mass is 16.6. The van der Waals surface area contributed by atoms with Crippen LogP contribution in [0.25, 0.3) is 0 Å². The normalized spacial score (nSPS) is 18.5. The van der Waals surface area contributed by atoms with Crippen LogP contribution in [0.2, 0.25) is 0 Å². The fourth-order valence-electron chi connectivity index (χ4n) is 2.80. The number of aryl methyl sites for hydroxylation is 1. The highest BCUT2D eigenvalue weighted by molar-refractivity contribution is 5.89. The van der Waals surface area contributed by atoms with E-state index >= 15 is 0 Å². The van der Waals surface area contributed by atoms with Crippen molar-refractivity contribution in [2.75, 3.05) is 16.8 Å². The molecule has 0 radical (unpaired) electrons. The third-order valence-electron chi connectivity index (χ3n) is 4.34. The molecule has 2 atom stereocenters. The number of nitrogens with one attached hydrogen (secondary N) is 1. The molecule has 2 aromatic rings. The van der Waals surface area contributed by atoms with Crippen LogP contribution >= 0.6 is 0 Å². The molecule has 2 unspecified atom stereocenters. The third-order valence-corrected chi connectivity index (χ3v) is 4.34. The van der Waals surface area contributed by atoms with Crippen LogP contribution < -0.4 is 10.2 Å². The first kappa shape index (κ1) is 17.2. The Bertz CT molecular complexity index is 744. The molecule has 8 nitrogen and oxygen atoms in total. The van der Waals surface area contributed by atoms with Crippen LogP contribution in [0.5, 0.6) is 0 Å². The Balaban J connectivity index is 1.78. The number of amides is 1. The molecule has 8 heteroatoms. The van der Waals surface area contributed by atoms with Gasteiger partial charge in [0.05, 0.1) is 17.8 Å². The number of rotatable bonds is 6. The van der Waals surface area contributed by atoms with Gasteiger partial charge in [0, 0.05) is 18.9 Å². The number of aromatic nitrogens is 4. The molecule has 1 N–H and O–H groups in total. The Labute approximate surface area is 147 Å². The SMILES string of the molecule is CCn1ccc(C(C)Nc2nccc(N3C(=O)OCC3C(C)C)n2)n1. The molecule has 3 heterocycles. The molecule has 1 aliphatic rings. The van der Waals surface area contributed by atoms with Gasteiger partial charge in [0.1, 0.15) is 12.4 Å². The van der Waals surface area contributed by atoms with Gasteiger partial charge in [-0.3, -0.25) is 9.58 Å². The van der Waals surface area contributed by atoms with E-state index in [-0.39, 0.29) is 24.1 Å². The molecule has 25 heavy (non-hydrogen) atoms. The Hall–Kier alpha value is -2.64. The summed E-state index contributed by atoms with van der Waals surface area (Å²) in [4.78, 5) is 22.5. The number of ether oxygens (including phenoxy) is 1. The summed E-state index contributed by atoms with van der Waals surface area (Å²) in [5.41, 5.74) is 0.913. The van der Waals surface area contributed by atoms with Crippen LogP contribution in [-0.2, 0) is 11.3 Å². The van der Waals surface area contributed by atoms with Crippen LogP contribution in [0, 0.1) is 5.92 Å². The van der Waals surface area contributed by atoms with Gasteiger partial charge in [0.15, 0.2) is 0 Å². The van der Waals surface area contributed by atoms with Gasteiger partial charge in [0.25, 0.3) is 0 Å². The van der Waals surface area contributed by atoms with E-state index in [9.17, 15) is 4.79 Å². The van der Waals surface area contributed by atoms with Crippen LogP contribution in [0.3, 0.4) is 0 Å². The van der Waals surface area contributed by atoms with Crippen LogP contribution in [0.4, 0.5) is 16.6 Å². The summed E-state index contributed by atoms with van der Waals surface area (Å²) in [6.07, 6.45) is 3.22. The molecule has 1 saturated heterocycles. The van der Waals surface area contributed by atoms with Crippen molar-refractivity contribution < 1.29 is 9.53 Å². The second-order valence-electron chi connectivity index (χ2n) is 6.46. The zero-order valence-corrected chi connectivity index (χ0v) is 15.0. The zero-order chi connectivity index (χ0) is 18.0. The van der Waals surface area contributed by atoms with Crippen molar-refractivity contribution in [2.45, 2.75) is 46.3 Å². The first-order valence-electron chi connectivity index (χ1n) is 8.58. The molecule has 2 aromatic heterocycles. The molecular weight excluding hydrogens is 320 g/mol. The van der Waals surface area contributed by atoms with Gasteiger partial charge in [-0.15, -0.1) is 0 Å².